The number of hydrogen-bond acceptors (Lipinski definition) is 3. The Morgan fingerprint density at radius 3 is 2.94 bits per heavy atom. The smallest absolute Gasteiger partial charge is 0.0470 e. The maximum atomic E-state index is 3.46. The predicted molar refractivity (Wildman–Crippen MR) is 73.4 cm³/mol. The molecular formula is C14H22N2S. The molecule has 0 amide bonds. The van der Waals surface area contributed by atoms with E-state index in [4.69, 9.17) is 0 Å². The van der Waals surface area contributed by atoms with E-state index >= 15 is 0 Å². The summed E-state index contributed by atoms with van der Waals surface area (Å²) in [7, 11) is 2.10. The molecule has 0 radical (unpaired) electrons. The van der Waals surface area contributed by atoms with Crippen LogP contribution in [0.25, 0.3) is 0 Å². The van der Waals surface area contributed by atoms with Gasteiger partial charge in [0, 0.05) is 23.5 Å². The van der Waals surface area contributed by atoms with E-state index in [1.807, 2.05) is 11.3 Å². The molecule has 1 saturated carbocycles. The molecular weight excluding hydrogens is 228 g/mol. The van der Waals surface area contributed by atoms with Gasteiger partial charge in [-0.3, -0.25) is 4.90 Å². The van der Waals surface area contributed by atoms with Crippen LogP contribution >= 0.6 is 11.3 Å². The molecule has 1 N–H and O–H groups in total. The summed E-state index contributed by atoms with van der Waals surface area (Å²) < 4.78 is 0. The van der Waals surface area contributed by atoms with E-state index in [1.54, 1.807) is 4.88 Å². The summed E-state index contributed by atoms with van der Waals surface area (Å²) in [6.45, 7) is 2.52. The molecule has 3 heteroatoms. The highest BCUT2D eigenvalue weighted by Crippen LogP contribution is 2.46. The Hall–Kier alpha value is -0.380. The van der Waals surface area contributed by atoms with Crippen LogP contribution < -0.4 is 5.32 Å². The lowest BCUT2D eigenvalue weighted by Crippen LogP contribution is -2.46. The highest BCUT2D eigenvalue weighted by atomic mass is 32.1. The van der Waals surface area contributed by atoms with Gasteiger partial charge in [0.2, 0.25) is 0 Å². The maximum Gasteiger partial charge on any atom is 0.0470 e. The van der Waals surface area contributed by atoms with Crippen molar-refractivity contribution in [2.75, 3.05) is 20.1 Å². The summed E-state index contributed by atoms with van der Waals surface area (Å²) in [5, 5.41) is 5.68. The Balaban J connectivity index is 1.74. The number of nitrogens with one attached hydrogen (secondary N) is 1. The fourth-order valence-electron chi connectivity index (χ4n) is 3.08. The van der Waals surface area contributed by atoms with Crippen molar-refractivity contribution in [1.29, 1.82) is 0 Å². The Bertz CT molecular complexity index is 345. The summed E-state index contributed by atoms with van der Waals surface area (Å²) >= 11 is 1.94. The molecule has 2 heterocycles. The minimum atomic E-state index is 0.699. The Morgan fingerprint density at radius 1 is 1.41 bits per heavy atom. The predicted octanol–water partition coefficient (Wildman–Crippen LogP) is 2.88. The lowest BCUT2D eigenvalue weighted by atomic mass is 10.0. The zero-order chi connectivity index (χ0) is 11.7. The molecule has 94 valence electrons. The van der Waals surface area contributed by atoms with Crippen molar-refractivity contribution in [3.05, 3.63) is 22.4 Å². The summed E-state index contributed by atoms with van der Waals surface area (Å²) in [6, 6.07) is 5.95. The number of thiophene rings is 1. The maximum absolute atomic E-state index is 3.46. The van der Waals surface area contributed by atoms with Crippen molar-refractivity contribution in [2.45, 2.75) is 37.8 Å². The number of hydrogen-bond donors (Lipinski definition) is 1. The monoisotopic (exact) mass is 250 g/mol. The molecule has 17 heavy (non-hydrogen) atoms. The van der Waals surface area contributed by atoms with Crippen molar-refractivity contribution in [3.63, 3.8) is 0 Å². The molecule has 2 fully saturated rings. The lowest BCUT2D eigenvalue weighted by Gasteiger charge is -2.38. The minimum absolute atomic E-state index is 0.699. The molecule has 1 aliphatic heterocycles. The Morgan fingerprint density at radius 2 is 2.29 bits per heavy atom. The normalized spacial score (nSPS) is 28.2. The first-order chi connectivity index (χ1) is 8.38. The van der Waals surface area contributed by atoms with Gasteiger partial charge in [0.05, 0.1) is 0 Å². The summed E-state index contributed by atoms with van der Waals surface area (Å²) in [5.74, 6) is 0.934. The van der Waals surface area contributed by atoms with Crippen molar-refractivity contribution >= 4 is 11.3 Å². The zero-order valence-corrected chi connectivity index (χ0v) is 11.4. The lowest BCUT2D eigenvalue weighted by molar-refractivity contribution is 0.127. The van der Waals surface area contributed by atoms with Crippen LogP contribution in [-0.2, 0) is 0 Å². The molecule has 1 aliphatic carbocycles. The van der Waals surface area contributed by atoms with Gasteiger partial charge in [-0.05, 0) is 56.6 Å². The van der Waals surface area contributed by atoms with Gasteiger partial charge in [-0.25, -0.2) is 0 Å². The van der Waals surface area contributed by atoms with Crippen LogP contribution in [0.5, 0.6) is 0 Å². The molecule has 3 rings (SSSR count). The van der Waals surface area contributed by atoms with Gasteiger partial charge in [-0.1, -0.05) is 6.07 Å². The molecule has 2 aliphatic rings. The van der Waals surface area contributed by atoms with E-state index in [9.17, 15) is 0 Å². The third kappa shape index (κ3) is 2.56. The largest absolute Gasteiger partial charge is 0.316 e. The van der Waals surface area contributed by atoms with Crippen LogP contribution in [0, 0.1) is 5.92 Å². The van der Waals surface area contributed by atoms with Crippen molar-refractivity contribution in [1.82, 2.24) is 10.2 Å². The van der Waals surface area contributed by atoms with Crippen LogP contribution in [0.2, 0.25) is 0 Å². The number of likely N-dealkylation sites (N-methyl/N-ethyl adjacent to an activating group) is 1. The third-order valence-corrected chi connectivity index (χ3v) is 5.10. The molecule has 2 nitrogen and oxygen atoms in total. The van der Waals surface area contributed by atoms with E-state index in [0.29, 0.717) is 12.1 Å². The van der Waals surface area contributed by atoms with Crippen LogP contribution in [0.15, 0.2) is 17.5 Å². The Labute approximate surface area is 108 Å². The second kappa shape index (κ2) is 5.09. The topological polar surface area (TPSA) is 15.3 Å². The fourth-order valence-corrected chi connectivity index (χ4v) is 4.03. The van der Waals surface area contributed by atoms with E-state index in [-0.39, 0.29) is 0 Å². The molecule has 1 saturated heterocycles. The van der Waals surface area contributed by atoms with Crippen LogP contribution in [-0.4, -0.2) is 31.1 Å². The second-order valence-electron chi connectivity index (χ2n) is 5.42. The summed E-state index contributed by atoms with van der Waals surface area (Å²) in [6.07, 6.45) is 5.56. The van der Waals surface area contributed by atoms with Gasteiger partial charge in [0.15, 0.2) is 0 Å². The molecule has 2 atom stereocenters. The quantitative estimate of drug-likeness (QED) is 0.884. The SMILES string of the molecule is CNC1CCCN(C(c2cccs2)C2CC2)C1. The van der Waals surface area contributed by atoms with E-state index in [1.165, 1.54) is 38.8 Å². The highest BCUT2D eigenvalue weighted by molar-refractivity contribution is 7.10. The molecule has 0 aromatic carbocycles. The molecule has 2 unspecified atom stereocenters. The van der Waals surface area contributed by atoms with Gasteiger partial charge < -0.3 is 5.32 Å². The van der Waals surface area contributed by atoms with Gasteiger partial charge in [0.1, 0.15) is 0 Å². The molecule has 1 aromatic rings. The number of likely N-dealkylation sites (tertiary alicyclic amines) is 1. The molecule has 0 spiro atoms. The van der Waals surface area contributed by atoms with E-state index in [0.717, 1.165) is 5.92 Å². The van der Waals surface area contributed by atoms with Gasteiger partial charge in [0.25, 0.3) is 0 Å². The first-order valence-electron chi connectivity index (χ1n) is 6.83. The van der Waals surface area contributed by atoms with Crippen molar-refractivity contribution in [2.24, 2.45) is 5.92 Å². The van der Waals surface area contributed by atoms with Crippen molar-refractivity contribution < 1.29 is 0 Å². The van der Waals surface area contributed by atoms with E-state index < -0.39 is 0 Å². The molecule has 0 bridgehead atoms. The first kappa shape index (κ1) is 11.7. The van der Waals surface area contributed by atoms with E-state index in [2.05, 4.69) is 34.8 Å². The van der Waals surface area contributed by atoms with Crippen molar-refractivity contribution in [3.8, 4) is 0 Å². The average Bonchev–Trinajstić information content (AvgIpc) is 3.05. The number of nitrogens with zero attached hydrogens (tertiary/aromatic N) is 1. The summed E-state index contributed by atoms with van der Waals surface area (Å²) in [4.78, 5) is 4.32. The van der Waals surface area contributed by atoms with Crippen LogP contribution in [0.1, 0.15) is 36.6 Å². The van der Waals surface area contributed by atoms with Gasteiger partial charge in [-0.2, -0.15) is 0 Å². The average molecular weight is 250 g/mol. The van der Waals surface area contributed by atoms with Crippen LogP contribution in [0.4, 0.5) is 0 Å². The molecule has 1 aromatic heterocycles. The fraction of sp³-hybridized carbons (Fsp3) is 0.714. The minimum Gasteiger partial charge on any atom is -0.316 e. The number of piperidine rings is 1. The van der Waals surface area contributed by atoms with Gasteiger partial charge >= 0.3 is 0 Å². The number of rotatable bonds is 4. The summed E-state index contributed by atoms with van der Waals surface area (Å²) in [5.41, 5.74) is 0. The Kier molecular flexibility index (Phi) is 3.50. The standard InChI is InChI=1S/C14H22N2S/c1-15-12-4-2-8-16(10-12)14(11-6-7-11)13-5-3-9-17-13/h3,5,9,11-12,14-15H,2,4,6-8,10H2,1H3. The zero-order valence-electron chi connectivity index (χ0n) is 10.6. The van der Waals surface area contributed by atoms with Crippen LogP contribution in [0.3, 0.4) is 0 Å². The second-order valence-corrected chi connectivity index (χ2v) is 6.40. The third-order valence-electron chi connectivity index (χ3n) is 4.16. The first-order valence-corrected chi connectivity index (χ1v) is 7.71. The highest BCUT2D eigenvalue weighted by Gasteiger charge is 2.38. The van der Waals surface area contributed by atoms with Gasteiger partial charge in [-0.15, -0.1) is 11.3 Å².